The highest BCUT2D eigenvalue weighted by atomic mass is 16.4. The molecule has 2 heterocycles. The van der Waals surface area contributed by atoms with Crippen LogP contribution in [0, 0.1) is 5.41 Å². The third-order valence-corrected chi connectivity index (χ3v) is 6.53. The van der Waals surface area contributed by atoms with Crippen molar-refractivity contribution in [2.75, 3.05) is 13.1 Å². The number of carbonyl (C=O) groups is 2. The van der Waals surface area contributed by atoms with E-state index in [0.717, 1.165) is 36.1 Å². The molecule has 1 unspecified atom stereocenters. The Labute approximate surface area is 165 Å². The van der Waals surface area contributed by atoms with Gasteiger partial charge in [-0.1, -0.05) is 18.6 Å². The molecular weight excluding hydrogens is 354 g/mol. The van der Waals surface area contributed by atoms with Crippen LogP contribution in [0.4, 0.5) is 0 Å². The molecule has 1 saturated carbocycles. The van der Waals surface area contributed by atoms with Gasteiger partial charge in [0.15, 0.2) is 0 Å². The van der Waals surface area contributed by atoms with Gasteiger partial charge >= 0.3 is 5.97 Å². The predicted molar refractivity (Wildman–Crippen MR) is 107 cm³/mol. The number of nitrogens with zero attached hydrogens (tertiary/aromatic N) is 3. The van der Waals surface area contributed by atoms with Gasteiger partial charge in [-0.15, -0.1) is 0 Å². The smallest absolute Gasteiger partial charge is 0.310 e. The van der Waals surface area contributed by atoms with Crippen molar-refractivity contribution in [3.8, 4) is 0 Å². The van der Waals surface area contributed by atoms with E-state index < -0.39 is 11.4 Å². The van der Waals surface area contributed by atoms with Crippen LogP contribution in [-0.2, 0) is 9.59 Å². The minimum absolute atomic E-state index is 0.0148. The van der Waals surface area contributed by atoms with E-state index >= 15 is 0 Å². The number of likely N-dealkylation sites (tertiary alicyclic amines) is 1. The highest BCUT2D eigenvalue weighted by molar-refractivity contribution is 5.85. The maximum atomic E-state index is 12.9. The number of aromatic nitrogens is 2. The number of carbonyl (C=O) groups excluding carboxylic acids is 1. The van der Waals surface area contributed by atoms with Gasteiger partial charge in [0.1, 0.15) is 5.82 Å². The standard InChI is InChI=1S/C22H29N3O3/c1-15(2)25-18-9-4-3-8-17(18)23-20(25)16-7-5-12-24(14-16)19(26)13-22(21(27)28)10-6-11-22/h3-4,8-9,15-16H,5-7,10-14H2,1-2H3,(H,27,28). The number of amides is 1. The van der Waals surface area contributed by atoms with E-state index in [1.807, 2.05) is 23.1 Å². The Balaban J connectivity index is 1.56. The first-order valence-corrected chi connectivity index (χ1v) is 10.4. The van der Waals surface area contributed by atoms with Crippen LogP contribution in [0.25, 0.3) is 11.0 Å². The highest BCUT2D eigenvalue weighted by Gasteiger charge is 2.47. The van der Waals surface area contributed by atoms with E-state index in [9.17, 15) is 14.7 Å². The summed E-state index contributed by atoms with van der Waals surface area (Å²) in [6.45, 7) is 5.67. The van der Waals surface area contributed by atoms with Crippen LogP contribution in [0.1, 0.15) is 70.2 Å². The van der Waals surface area contributed by atoms with Crippen LogP contribution in [0.2, 0.25) is 0 Å². The average Bonchev–Trinajstić information content (AvgIpc) is 3.04. The minimum atomic E-state index is -0.824. The largest absolute Gasteiger partial charge is 0.481 e. The Morgan fingerprint density at radius 3 is 2.64 bits per heavy atom. The SMILES string of the molecule is CC(C)n1c(C2CCCN(C(=O)CC3(C(=O)O)CCC3)C2)nc2ccccc21. The van der Waals surface area contributed by atoms with Crippen molar-refractivity contribution in [1.82, 2.24) is 14.5 Å². The molecule has 150 valence electrons. The highest BCUT2D eigenvalue weighted by Crippen LogP contribution is 2.45. The Bertz CT molecular complexity index is 898. The molecule has 1 aliphatic heterocycles. The third-order valence-electron chi connectivity index (χ3n) is 6.53. The normalized spacial score (nSPS) is 21.7. The third kappa shape index (κ3) is 3.19. The quantitative estimate of drug-likeness (QED) is 0.848. The number of aliphatic carboxylic acids is 1. The molecule has 1 saturated heterocycles. The Morgan fingerprint density at radius 2 is 2.00 bits per heavy atom. The summed E-state index contributed by atoms with van der Waals surface area (Å²) in [5.41, 5.74) is 1.30. The first kappa shape index (κ1) is 19.0. The fourth-order valence-corrected chi connectivity index (χ4v) is 4.78. The maximum absolute atomic E-state index is 12.9. The molecule has 6 heteroatoms. The summed E-state index contributed by atoms with van der Waals surface area (Å²) in [6, 6.07) is 8.47. The Hall–Kier alpha value is -2.37. The predicted octanol–water partition coefficient (Wildman–Crippen LogP) is 3.97. The molecular formula is C22H29N3O3. The molecule has 6 nitrogen and oxygen atoms in total. The summed E-state index contributed by atoms with van der Waals surface area (Å²) in [7, 11) is 0. The number of carboxylic acids is 1. The van der Waals surface area contributed by atoms with E-state index in [1.54, 1.807) is 0 Å². The van der Waals surface area contributed by atoms with Gasteiger partial charge in [-0.05, 0) is 51.7 Å². The molecule has 0 spiro atoms. The van der Waals surface area contributed by atoms with Crippen LogP contribution < -0.4 is 0 Å². The number of hydrogen-bond donors (Lipinski definition) is 1. The van der Waals surface area contributed by atoms with Crippen LogP contribution >= 0.6 is 0 Å². The molecule has 2 aromatic rings. The molecule has 0 bridgehead atoms. The fraction of sp³-hybridized carbons (Fsp3) is 0.591. The number of para-hydroxylation sites is 2. The molecule has 1 atom stereocenters. The van der Waals surface area contributed by atoms with E-state index in [0.29, 0.717) is 32.0 Å². The number of piperidine rings is 1. The van der Waals surface area contributed by atoms with E-state index in [2.05, 4.69) is 24.5 Å². The van der Waals surface area contributed by atoms with Crippen molar-refractivity contribution in [2.24, 2.45) is 5.41 Å². The van der Waals surface area contributed by atoms with Crippen LogP contribution in [0.15, 0.2) is 24.3 Å². The minimum Gasteiger partial charge on any atom is -0.481 e. The zero-order valence-corrected chi connectivity index (χ0v) is 16.7. The van der Waals surface area contributed by atoms with Gasteiger partial charge in [0.2, 0.25) is 5.91 Å². The number of fused-ring (bicyclic) bond motifs is 1. The van der Waals surface area contributed by atoms with Gasteiger partial charge in [0, 0.05) is 31.5 Å². The first-order valence-electron chi connectivity index (χ1n) is 10.4. The van der Waals surface area contributed by atoms with Gasteiger partial charge < -0.3 is 14.6 Å². The van der Waals surface area contributed by atoms with Gasteiger partial charge in [0.05, 0.1) is 16.4 Å². The molecule has 1 aromatic heterocycles. The maximum Gasteiger partial charge on any atom is 0.310 e. The van der Waals surface area contributed by atoms with E-state index in [4.69, 9.17) is 4.98 Å². The van der Waals surface area contributed by atoms with Gasteiger partial charge in [-0.3, -0.25) is 9.59 Å². The topological polar surface area (TPSA) is 75.4 Å². The Morgan fingerprint density at radius 1 is 1.25 bits per heavy atom. The van der Waals surface area contributed by atoms with Gasteiger partial charge in [-0.25, -0.2) is 4.98 Å². The molecule has 28 heavy (non-hydrogen) atoms. The fourth-order valence-electron chi connectivity index (χ4n) is 4.78. The summed E-state index contributed by atoms with van der Waals surface area (Å²) in [5, 5.41) is 9.56. The molecule has 1 N–H and O–H groups in total. The molecule has 4 rings (SSSR count). The second kappa shape index (κ2) is 7.22. The van der Waals surface area contributed by atoms with Crippen molar-refractivity contribution < 1.29 is 14.7 Å². The number of benzene rings is 1. The van der Waals surface area contributed by atoms with Crippen LogP contribution in [0.3, 0.4) is 0 Å². The zero-order valence-electron chi connectivity index (χ0n) is 16.7. The van der Waals surface area contributed by atoms with Crippen LogP contribution in [-0.4, -0.2) is 44.5 Å². The number of hydrogen-bond acceptors (Lipinski definition) is 3. The molecule has 2 aliphatic rings. The van der Waals surface area contributed by atoms with Crippen LogP contribution in [0.5, 0.6) is 0 Å². The summed E-state index contributed by atoms with van der Waals surface area (Å²) in [5.74, 6) is 0.404. The van der Waals surface area contributed by atoms with E-state index in [1.165, 1.54) is 0 Å². The van der Waals surface area contributed by atoms with Crippen molar-refractivity contribution in [1.29, 1.82) is 0 Å². The first-order chi connectivity index (χ1) is 13.4. The summed E-state index contributed by atoms with van der Waals surface area (Å²) in [4.78, 5) is 31.3. The van der Waals surface area contributed by atoms with Crippen molar-refractivity contribution in [3.63, 3.8) is 0 Å². The average molecular weight is 383 g/mol. The number of imidazole rings is 1. The monoisotopic (exact) mass is 383 g/mol. The van der Waals surface area contributed by atoms with Crippen molar-refractivity contribution in [3.05, 3.63) is 30.1 Å². The second-order valence-electron chi connectivity index (χ2n) is 8.72. The summed E-state index contributed by atoms with van der Waals surface area (Å²) < 4.78 is 2.29. The van der Waals surface area contributed by atoms with Crippen molar-refractivity contribution in [2.45, 2.75) is 64.3 Å². The lowest BCUT2D eigenvalue weighted by Gasteiger charge is -2.40. The van der Waals surface area contributed by atoms with E-state index in [-0.39, 0.29) is 18.2 Å². The van der Waals surface area contributed by atoms with Crippen molar-refractivity contribution >= 4 is 22.9 Å². The molecule has 1 aliphatic carbocycles. The lowest BCUT2D eigenvalue weighted by atomic mass is 9.66. The lowest BCUT2D eigenvalue weighted by Crippen LogP contribution is -2.46. The lowest BCUT2D eigenvalue weighted by molar-refractivity contribution is -0.159. The van der Waals surface area contributed by atoms with Gasteiger partial charge in [0.25, 0.3) is 0 Å². The zero-order chi connectivity index (χ0) is 19.9. The summed E-state index contributed by atoms with van der Waals surface area (Å²) >= 11 is 0. The number of carboxylic acid groups (broad SMARTS) is 1. The molecule has 0 radical (unpaired) electrons. The number of rotatable bonds is 5. The molecule has 2 fully saturated rings. The van der Waals surface area contributed by atoms with Gasteiger partial charge in [-0.2, -0.15) is 0 Å². The second-order valence-corrected chi connectivity index (χ2v) is 8.72. The molecule has 1 amide bonds. The summed E-state index contributed by atoms with van der Waals surface area (Å²) in [6.07, 6.45) is 4.21. The Kier molecular flexibility index (Phi) is 4.89. The molecule has 1 aromatic carbocycles.